The minimum atomic E-state index is -0.535. The van der Waals surface area contributed by atoms with E-state index in [1.165, 1.54) is 18.2 Å². The maximum absolute atomic E-state index is 10.7. The number of nitrogens with zero attached hydrogens (tertiary/aromatic N) is 1. The zero-order valence-corrected chi connectivity index (χ0v) is 12.2. The van der Waals surface area contributed by atoms with E-state index in [9.17, 15) is 10.1 Å². The maximum Gasteiger partial charge on any atom is 0.288 e. The molecule has 2 aromatic carbocycles. The highest BCUT2D eigenvalue weighted by molar-refractivity contribution is 6.32. The van der Waals surface area contributed by atoms with Crippen LogP contribution >= 0.6 is 11.6 Å². The highest BCUT2D eigenvalue weighted by Gasteiger charge is 2.13. The third kappa shape index (κ3) is 3.71. The predicted molar refractivity (Wildman–Crippen MR) is 81.8 cm³/mol. The van der Waals surface area contributed by atoms with Gasteiger partial charge in [-0.1, -0.05) is 30.7 Å². The standard InChI is InChI=1S/C15H15ClN2O3/c1-2-14(17)10-3-5-11(6-4-10)21-12-7-8-15(18(19)20)13(16)9-12/h3-9,14H,2,17H2,1H3. The second kappa shape index (κ2) is 6.56. The van der Waals surface area contributed by atoms with Crippen molar-refractivity contribution < 1.29 is 9.66 Å². The van der Waals surface area contributed by atoms with Gasteiger partial charge in [0.05, 0.1) is 4.92 Å². The number of hydrogen-bond acceptors (Lipinski definition) is 4. The van der Waals surface area contributed by atoms with E-state index >= 15 is 0 Å². The maximum atomic E-state index is 10.7. The van der Waals surface area contributed by atoms with Crippen molar-refractivity contribution in [3.05, 3.63) is 63.2 Å². The van der Waals surface area contributed by atoms with Gasteiger partial charge in [-0.3, -0.25) is 10.1 Å². The van der Waals surface area contributed by atoms with Gasteiger partial charge in [-0.05, 0) is 30.2 Å². The molecule has 0 heterocycles. The summed E-state index contributed by atoms with van der Waals surface area (Å²) in [6, 6.07) is 11.7. The zero-order chi connectivity index (χ0) is 15.4. The Morgan fingerprint density at radius 2 is 1.86 bits per heavy atom. The molecular formula is C15H15ClN2O3. The molecule has 6 heteroatoms. The third-order valence-electron chi connectivity index (χ3n) is 3.10. The molecule has 0 aliphatic heterocycles. The Hall–Kier alpha value is -2.11. The number of hydrogen-bond donors (Lipinski definition) is 1. The van der Waals surface area contributed by atoms with Crippen LogP contribution in [0.2, 0.25) is 5.02 Å². The molecule has 1 unspecified atom stereocenters. The van der Waals surface area contributed by atoms with E-state index in [1.807, 2.05) is 19.1 Å². The first kappa shape index (κ1) is 15.3. The summed E-state index contributed by atoms with van der Waals surface area (Å²) in [5.74, 6) is 1.06. The van der Waals surface area contributed by atoms with Crippen molar-refractivity contribution in [3.63, 3.8) is 0 Å². The molecule has 2 aromatic rings. The monoisotopic (exact) mass is 306 g/mol. The summed E-state index contributed by atoms with van der Waals surface area (Å²) in [6.07, 6.45) is 0.859. The van der Waals surface area contributed by atoms with E-state index in [0.717, 1.165) is 12.0 Å². The first-order chi connectivity index (χ1) is 10.0. The van der Waals surface area contributed by atoms with Crippen molar-refractivity contribution in [3.8, 4) is 11.5 Å². The van der Waals surface area contributed by atoms with Crippen LogP contribution in [0.5, 0.6) is 11.5 Å². The number of nitrogens with two attached hydrogens (primary N) is 1. The molecule has 2 N–H and O–H groups in total. The smallest absolute Gasteiger partial charge is 0.288 e. The van der Waals surface area contributed by atoms with Crippen LogP contribution in [0, 0.1) is 10.1 Å². The van der Waals surface area contributed by atoms with Crippen LogP contribution in [0.1, 0.15) is 24.9 Å². The predicted octanol–water partition coefficient (Wildman–Crippen LogP) is 4.45. The van der Waals surface area contributed by atoms with Crippen molar-refractivity contribution in [1.82, 2.24) is 0 Å². The largest absolute Gasteiger partial charge is 0.457 e. The number of nitro benzene ring substituents is 1. The molecule has 5 nitrogen and oxygen atoms in total. The Bertz CT molecular complexity index is 644. The van der Waals surface area contributed by atoms with E-state index in [1.54, 1.807) is 12.1 Å². The van der Waals surface area contributed by atoms with Crippen LogP contribution in [-0.4, -0.2) is 4.92 Å². The topological polar surface area (TPSA) is 78.4 Å². The molecule has 0 amide bonds. The van der Waals surface area contributed by atoms with Gasteiger partial charge in [-0.25, -0.2) is 0 Å². The van der Waals surface area contributed by atoms with E-state index in [-0.39, 0.29) is 16.8 Å². The molecule has 0 aromatic heterocycles. The second-order valence-electron chi connectivity index (χ2n) is 4.56. The highest BCUT2D eigenvalue weighted by Crippen LogP contribution is 2.31. The van der Waals surface area contributed by atoms with Crippen molar-refractivity contribution in [1.29, 1.82) is 0 Å². The Labute approximate surface area is 127 Å². The summed E-state index contributed by atoms with van der Waals surface area (Å²) < 4.78 is 5.61. The normalized spacial score (nSPS) is 12.0. The van der Waals surface area contributed by atoms with Crippen molar-refractivity contribution in [2.45, 2.75) is 19.4 Å². The molecule has 0 aliphatic rings. The van der Waals surface area contributed by atoms with E-state index < -0.39 is 4.92 Å². The van der Waals surface area contributed by atoms with E-state index in [4.69, 9.17) is 22.1 Å². The molecule has 21 heavy (non-hydrogen) atoms. The molecule has 0 bridgehead atoms. The van der Waals surface area contributed by atoms with Gasteiger partial charge in [0.25, 0.3) is 5.69 Å². The van der Waals surface area contributed by atoms with Crippen LogP contribution in [-0.2, 0) is 0 Å². The van der Waals surface area contributed by atoms with Gasteiger partial charge in [0.15, 0.2) is 0 Å². The summed E-state index contributed by atoms with van der Waals surface area (Å²) in [5, 5.41) is 10.7. The Kier molecular flexibility index (Phi) is 4.77. The summed E-state index contributed by atoms with van der Waals surface area (Å²) in [5.41, 5.74) is 6.83. The van der Waals surface area contributed by atoms with Gasteiger partial charge >= 0.3 is 0 Å². The third-order valence-corrected chi connectivity index (χ3v) is 3.40. The fraction of sp³-hybridized carbons (Fsp3) is 0.200. The molecule has 2 rings (SSSR count). The molecular weight excluding hydrogens is 292 g/mol. The van der Waals surface area contributed by atoms with Gasteiger partial charge in [0, 0.05) is 18.2 Å². The lowest BCUT2D eigenvalue weighted by atomic mass is 10.1. The molecule has 110 valence electrons. The Morgan fingerprint density at radius 3 is 2.38 bits per heavy atom. The Balaban J connectivity index is 2.15. The molecule has 0 fully saturated rings. The summed E-state index contributed by atoms with van der Waals surface area (Å²) in [6.45, 7) is 2.02. The van der Waals surface area contributed by atoms with Gasteiger partial charge in [-0.15, -0.1) is 0 Å². The average molecular weight is 307 g/mol. The highest BCUT2D eigenvalue weighted by atomic mass is 35.5. The summed E-state index contributed by atoms with van der Waals surface area (Å²) in [4.78, 5) is 10.2. The van der Waals surface area contributed by atoms with Crippen molar-refractivity contribution in [2.24, 2.45) is 5.73 Å². The summed E-state index contributed by atoms with van der Waals surface area (Å²) in [7, 11) is 0. The van der Waals surface area contributed by atoms with E-state index in [0.29, 0.717) is 11.5 Å². The lowest BCUT2D eigenvalue weighted by molar-refractivity contribution is -0.384. The van der Waals surface area contributed by atoms with E-state index in [2.05, 4.69) is 0 Å². The molecule has 0 saturated heterocycles. The lowest BCUT2D eigenvalue weighted by Gasteiger charge is -2.10. The van der Waals surface area contributed by atoms with Crippen LogP contribution in [0.4, 0.5) is 5.69 Å². The first-order valence-corrected chi connectivity index (χ1v) is 6.86. The summed E-state index contributed by atoms with van der Waals surface area (Å²) >= 11 is 5.84. The van der Waals surface area contributed by atoms with Crippen LogP contribution in [0.3, 0.4) is 0 Å². The Morgan fingerprint density at radius 1 is 1.24 bits per heavy atom. The molecule has 0 saturated carbocycles. The SMILES string of the molecule is CCC(N)c1ccc(Oc2ccc([N+](=O)[O-])c(Cl)c2)cc1. The number of halogens is 1. The number of nitro groups is 1. The molecule has 1 atom stereocenters. The van der Waals surface area contributed by atoms with Crippen molar-refractivity contribution in [2.75, 3.05) is 0 Å². The fourth-order valence-electron chi connectivity index (χ4n) is 1.85. The van der Waals surface area contributed by atoms with Gasteiger partial charge in [0.1, 0.15) is 16.5 Å². The minimum Gasteiger partial charge on any atom is -0.457 e. The fourth-order valence-corrected chi connectivity index (χ4v) is 2.09. The first-order valence-electron chi connectivity index (χ1n) is 6.48. The second-order valence-corrected chi connectivity index (χ2v) is 4.96. The molecule has 0 spiro atoms. The average Bonchev–Trinajstić information content (AvgIpc) is 2.47. The molecule has 0 aliphatic carbocycles. The van der Waals surface area contributed by atoms with Gasteiger partial charge < -0.3 is 10.5 Å². The molecule has 0 radical (unpaired) electrons. The quantitative estimate of drug-likeness (QED) is 0.654. The zero-order valence-electron chi connectivity index (χ0n) is 11.5. The van der Waals surface area contributed by atoms with Crippen LogP contribution < -0.4 is 10.5 Å². The number of ether oxygens (including phenoxy) is 1. The lowest BCUT2D eigenvalue weighted by Crippen LogP contribution is -2.07. The van der Waals surface area contributed by atoms with Crippen molar-refractivity contribution >= 4 is 17.3 Å². The number of benzene rings is 2. The minimum absolute atomic E-state index is 0.00729. The van der Waals surface area contributed by atoms with Crippen LogP contribution in [0.25, 0.3) is 0 Å². The van der Waals surface area contributed by atoms with Crippen LogP contribution in [0.15, 0.2) is 42.5 Å². The van der Waals surface area contributed by atoms with Gasteiger partial charge in [0.2, 0.25) is 0 Å². The number of rotatable bonds is 5. The van der Waals surface area contributed by atoms with Gasteiger partial charge in [-0.2, -0.15) is 0 Å².